The zero-order valence-electron chi connectivity index (χ0n) is 8.80. The molecule has 5 nitrogen and oxygen atoms in total. The molecule has 0 N–H and O–H groups in total. The zero-order valence-corrected chi connectivity index (χ0v) is 8.80. The average Bonchev–Trinajstić information content (AvgIpc) is 2.82. The third-order valence-corrected chi connectivity index (χ3v) is 2.60. The Kier molecular flexibility index (Phi) is 3.01. The lowest BCUT2D eigenvalue weighted by Crippen LogP contribution is -2.43. The van der Waals surface area contributed by atoms with Crippen LogP contribution in [0.15, 0.2) is 18.5 Å². The van der Waals surface area contributed by atoms with Gasteiger partial charge in [0.2, 0.25) is 5.91 Å². The minimum Gasteiger partial charge on any atom is -0.378 e. The molecule has 2 heterocycles. The molecule has 2 rings (SSSR count). The molecule has 0 radical (unpaired) electrons. The van der Waals surface area contributed by atoms with Crippen molar-refractivity contribution in [3.63, 3.8) is 0 Å². The van der Waals surface area contributed by atoms with Crippen LogP contribution in [0.25, 0.3) is 0 Å². The second-order valence-corrected chi connectivity index (χ2v) is 3.60. The molecule has 1 amide bonds. The van der Waals surface area contributed by atoms with Crippen LogP contribution >= 0.6 is 0 Å². The maximum absolute atomic E-state index is 12.0. The van der Waals surface area contributed by atoms with Crippen molar-refractivity contribution in [1.29, 1.82) is 0 Å². The number of nitrogens with zero attached hydrogens (tertiary/aromatic N) is 3. The van der Waals surface area contributed by atoms with Crippen LogP contribution in [0.1, 0.15) is 13.0 Å². The van der Waals surface area contributed by atoms with Gasteiger partial charge in [0.05, 0.1) is 13.2 Å². The summed E-state index contributed by atoms with van der Waals surface area (Å²) in [4.78, 5) is 13.8. The SMILES string of the molecule is C[C@H](C(=O)N1CCOCC1)n1cccn1. The molecule has 1 aliphatic rings. The Hall–Kier alpha value is -1.36. The van der Waals surface area contributed by atoms with Gasteiger partial charge in [0.15, 0.2) is 0 Å². The maximum atomic E-state index is 12.0. The molecule has 5 heteroatoms. The van der Waals surface area contributed by atoms with Gasteiger partial charge in [0.25, 0.3) is 0 Å². The van der Waals surface area contributed by atoms with Crippen LogP contribution in [0, 0.1) is 0 Å². The summed E-state index contributed by atoms with van der Waals surface area (Å²) in [5, 5.41) is 4.07. The van der Waals surface area contributed by atoms with Crippen LogP contribution in [0.2, 0.25) is 0 Å². The molecule has 0 aliphatic carbocycles. The number of ether oxygens (including phenoxy) is 1. The summed E-state index contributed by atoms with van der Waals surface area (Å²) in [5.41, 5.74) is 0. The summed E-state index contributed by atoms with van der Waals surface area (Å²) in [6.45, 7) is 4.51. The van der Waals surface area contributed by atoms with Gasteiger partial charge in [0, 0.05) is 25.5 Å². The van der Waals surface area contributed by atoms with E-state index in [0.29, 0.717) is 26.3 Å². The van der Waals surface area contributed by atoms with E-state index in [-0.39, 0.29) is 11.9 Å². The summed E-state index contributed by atoms with van der Waals surface area (Å²) >= 11 is 0. The van der Waals surface area contributed by atoms with Crippen molar-refractivity contribution in [3.8, 4) is 0 Å². The van der Waals surface area contributed by atoms with E-state index in [0.717, 1.165) is 0 Å². The van der Waals surface area contributed by atoms with Crippen LogP contribution in [0.3, 0.4) is 0 Å². The Labute approximate surface area is 88.6 Å². The molecule has 0 bridgehead atoms. The van der Waals surface area contributed by atoms with Gasteiger partial charge in [-0.2, -0.15) is 5.10 Å². The van der Waals surface area contributed by atoms with Crippen LogP contribution in [-0.4, -0.2) is 46.9 Å². The molecule has 0 unspecified atom stereocenters. The van der Waals surface area contributed by atoms with E-state index >= 15 is 0 Å². The van der Waals surface area contributed by atoms with Gasteiger partial charge in [-0.05, 0) is 13.0 Å². The standard InChI is InChI=1S/C10H15N3O2/c1-9(13-4-2-3-11-13)10(14)12-5-7-15-8-6-12/h2-4,9H,5-8H2,1H3/t9-/m1/s1. The summed E-state index contributed by atoms with van der Waals surface area (Å²) in [6, 6.07) is 1.60. The van der Waals surface area contributed by atoms with Crippen molar-refractivity contribution in [2.75, 3.05) is 26.3 Å². The maximum Gasteiger partial charge on any atom is 0.247 e. The number of hydrogen-bond donors (Lipinski definition) is 0. The highest BCUT2D eigenvalue weighted by Crippen LogP contribution is 2.09. The van der Waals surface area contributed by atoms with Crippen LogP contribution in [-0.2, 0) is 9.53 Å². The van der Waals surface area contributed by atoms with Crippen molar-refractivity contribution in [3.05, 3.63) is 18.5 Å². The van der Waals surface area contributed by atoms with Crippen LogP contribution < -0.4 is 0 Å². The van der Waals surface area contributed by atoms with E-state index < -0.39 is 0 Å². The Balaban J connectivity index is 2.00. The van der Waals surface area contributed by atoms with E-state index in [1.807, 2.05) is 24.1 Å². The third-order valence-electron chi connectivity index (χ3n) is 2.60. The molecule has 1 aliphatic heterocycles. The van der Waals surface area contributed by atoms with Gasteiger partial charge in [-0.25, -0.2) is 0 Å². The molecule has 82 valence electrons. The lowest BCUT2D eigenvalue weighted by Gasteiger charge is -2.29. The van der Waals surface area contributed by atoms with Crippen molar-refractivity contribution in [2.24, 2.45) is 0 Å². The fourth-order valence-corrected chi connectivity index (χ4v) is 1.67. The van der Waals surface area contributed by atoms with Crippen molar-refractivity contribution < 1.29 is 9.53 Å². The molecular weight excluding hydrogens is 194 g/mol. The summed E-state index contributed by atoms with van der Waals surface area (Å²) in [6.07, 6.45) is 3.49. The van der Waals surface area contributed by atoms with Crippen LogP contribution in [0.4, 0.5) is 0 Å². The van der Waals surface area contributed by atoms with E-state index in [1.54, 1.807) is 10.9 Å². The number of morpholine rings is 1. The van der Waals surface area contributed by atoms with E-state index in [9.17, 15) is 4.79 Å². The largest absolute Gasteiger partial charge is 0.378 e. The Morgan fingerprint density at radius 1 is 1.47 bits per heavy atom. The quantitative estimate of drug-likeness (QED) is 0.704. The van der Waals surface area contributed by atoms with Crippen molar-refractivity contribution in [2.45, 2.75) is 13.0 Å². The number of carbonyl (C=O) groups excluding carboxylic acids is 1. The predicted molar refractivity (Wildman–Crippen MR) is 54.3 cm³/mol. The molecule has 0 spiro atoms. The van der Waals surface area contributed by atoms with Gasteiger partial charge in [0.1, 0.15) is 6.04 Å². The van der Waals surface area contributed by atoms with E-state index in [4.69, 9.17) is 4.74 Å². The van der Waals surface area contributed by atoms with E-state index in [1.165, 1.54) is 0 Å². The highest BCUT2D eigenvalue weighted by Gasteiger charge is 2.23. The Bertz CT molecular complexity index is 317. The van der Waals surface area contributed by atoms with Gasteiger partial charge >= 0.3 is 0 Å². The first-order valence-corrected chi connectivity index (χ1v) is 5.14. The summed E-state index contributed by atoms with van der Waals surface area (Å²) < 4.78 is 6.88. The third kappa shape index (κ3) is 2.18. The monoisotopic (exact) mass is 209 g/mol. The first-order chi connectivity index (χ1) is 7.29. The molecule has 1 saturated heterocycles. The molecular formula is C10H15N3O2. The summed E-state index contributed by atoms with van der Waals surface area (Å²) in [5.74, 6) is 0.113. The molecule has 1 atom stereocenters. The van der Waals surface area contributed by atoms with E-state index in [2.05, 4.69) is 5.10 Å². The van der Waals surface area contributed by atoms with Crippen molar-refractivity contribution >= 4 is 5.91 Å². The first kappa shape index (κ1) is 10.2. The minimum absolute atomic E-state index is 0.113. The highest BCUT2D eigenvalue weighted by molar-refractivity contribution is 5.80. The smallest absolute Gasteiger partial charge is 0.247 e. The van der Waals surface area contributed by atoms with Gasteiger partial charge in [-0.15, -0.1) is 0 Å². The zero-order chi connectivity index (χ0) is 10.7. The predicted octanol–water partition coefficient (Wildman–Crippen LogP) is 0.303. The highest BCUT2D eigenvalue weighted by atomic mass is 16.5. The van der Waals surface area contributed by atoms with Gasteiger partial charge < -0.3 is 9.64 Å². The second kappa shape index (κ2) is 4.44. The molecule has 0 saturated carbocycles. The number of carbonyl (C=O) groups is 1. The number of amides is 1. The number of rotatable bonds is 2. The fraction of sp³-hybridized carbons (Fsp3) is 0.600. The molecule has 0 aromatic carbocycles. The Morgan fingerprint density at radius 2 is 2.20 bits per heavy atom. The first-order valence-electron chi connectivity index (χ1n) is 5.14. The lowest BCUT2D eigenvalue weighted by molar-refractivity contribution is -0.138. The average molecular weight is 209 g/mol. The number of hydrogen-bond acceptors (Lipinski definition) is 3. The second-order valence-electron chi connectivity index (χ2n) is 3.60. The summed E-state index contributed by atoms with van der Waals surface area (Å²) in [7, 11) is 0. The fourth-order valence-electron chi connectivity index (χ4n) is 1.67. The lowest BCUT2D eigenvalue weighted by atomic mass is 10.2. The normalized spacial score (nSPS) is 18.9. The Morgan fingerprint density at radius 3 is 2.80 bits per heavy atom. The molecule has 1 aromatic heterocycles. The minimum atomic E-state index is -0.224. The van der Waals surface area contributed by atoms with Crippen molar-refractivity contribution in [1.82, 2.24) is 14.7 Å². The topological polar surface area (TPSA) is 47.4 Å². The molecule has 15 heavy (non-hydrogen) atoms. The van der Waals surface area contributed by atoms with Gasteiger partial charge in [-0.3, -0.25) is 9.48 Å². The number of aromatic nitrogens is 2. The molecule has 1 aromatic rings. The molecule has 1 fully saturated rings. The van der Waals surface area contributed by atoms with Crippen LogP contribution in [0.5, 0.6) is 0 Å². The van der Waals surface area contributed by atoms with Gasteiger partial charge in [-0.1, -0.05) is 0 Å².